The molecule has 0 spiro atoms. The fourth-order valence-electron chi connectivity index (χ4n) is 1.21. The predicted molar refractivity (Wildman–Crippen MR) is 90.1 cm³/mol. The zero-order valence-electron chi connectivity index (χ0n) is 10.3. The molecule has 0 radical (unpaired) electrons. The van der Waals surface area contributed by atoms with Gasteiger partial charge in [0.2, 0.25) is 0 Å². The van der Waals surface area contributed by atoms with Crippen molar-refractivity contribution in [2.24, 2.45) is 0 Å². The van der Waals surface area contributed by atoms with Crippen LogP contribution in [0.1, 0.15) is 11.1 Å². The highest BCUT2D eigenvalue weighted by atomic mass is 79.9. The summed E-state index contributed by atoms with van der Waals surface area (Å²) >= 11 is 26.4. The van der Waals surface area contributed by atoms with E-state index >= 15 is 0 Å². The maximum Gasteiger partial charge on any atom is 0.0592 e. The van der Waals surface area contributed by atoms with Crippen molar-refractivity contribution in [3.63, 3.8) is 0 Å². The average Bonchev–Trinajstić information content (AvgIpc) is 2.39. The highest BCUT2D eigenvalue weighted by Gasteiger charge is 2.02. The SMILES string of the molecule is Cc1c(Cl)ccc(Br)c1Cl.Cc1c(Cl)cccc1Cl. The zero-order valence-corrected chi connectivity index (χ0v) is 14.9. The largest absolute Gasteiger partial charge is 0.0840 e. The lowest BCUT2D eigenvalue weighted by molar-refractivity contribution is 1.45. The summed E-state index contributed by atoms with van der Waals surface area (Å²) < 4.78 is 0.885. The van der Waals surface area contributed by atoms with E-state index in [0.717, 1.165) is 25.6 Å². The molecule has 2 aromatic rings. The lowest BCUT2D eigenvalue weighted by Crippen LogP contribution is -1.77. The van der Waals surface area contributed by atoms with Gasteiger partial charge in [-0.1, -0.05) is 52.5 Å². The minimum absolute atomic E-state index is 0.688. The second-order valence-corrected chi connectivity index (χ2v) is 6.27. The van der Waals surface area contributed by atoms with Gasteiger partial charge in [-0.05, 0) is 65.2 Å². The summed E-state index contributed by atoms with van der Waals surface area (Å²) in [6, 6.07) is 9.12. The second kappa shape index (κ2) is 7.75. The molecule has 2 aromatic carbocycles. The third kappa shape index (κ3) is 4.84. The molecule has 0 atom stereocenters. The molecular formula is C14H11BrCl4. The molecule has 0 N–H and O–H groups in total. The Morgan fingerprint density at radius 1 is 0.737 bits per heavy atom. The average molecular weight is 401 g/mol. The van der Waals surface area contributed by atoms with Crippen molar-refractivity contribution < 1.29 is 0 Å². The summed E-state index contributed by atoms with van der Waals surface area (Å²) in [5.41, 5.74) is 1.86. The number of hydrogen-bond donors (Lipinski definition) is 0. The van der Waals surface area contributed by atoms with E-state index in [2.05, 4.69) is 15.9 Å². The van der Waals surface area contributed by atoms with Gasteiger partial charge >= 0.3 is 0 Å². The number of benzene rings is 2. The first-order chi connectivity index (χ1) is 8.84. The molecule has 0 aliphatic rings. The topological polar surface area (TPSA) is 0 Å². The lowest BCUT2D eigenvalue weighted by Gasteiger charge is -2.01. The Balaban J connectivity index is 0.000000191. The Kier molecular flexibility index (Phi) is 6.99. The molecule has 0 aliphatic heterocycles. The van der Waals surface area contributed by atoms with E-state index in [4.69, 9.17) is 46.4 Å². The van der Waals surface area contributed by atoms with Gasteiger partial charge < -0.3 is 0 Å². The van der Waals surface area contributed by atoms with Gasteiger partial charge in [0.05, 0.1) is 5.02 Å². The van der Waals surface area contributed by atoms with Crippen molar-refractivity contribution in [1.29, 1.82) is 0 Å². The molecule has 19 heavy (non-hydrogen) atoms. The molecular weight excluding hydrogens is 390 g/mol. The monoisotopic (exact) mass is 398 g/mol. The molecule has 102 valence electrons. The van der Waals surface area contributed by atoms with Gasteiger partial charge in [0.15, 0.2) is 0 Å². The van der Waals surface area contributed by atoms with Crippen molar-refractivity contribution in [2.45, 2.75) is 13.8 Å². The molecule has 0 bridgehead atoms. The first-order valence-corrected chi connectivity index (χ1v) is 7.65. The first kappa shape index (κ1) is 17.1. The second-order valence-electron chi connectivity index (χ2n) is 3.81. The van der Waals surface area contributed by atoms with E-state index < -0.39 is 0 Å². The predicted octanol–water partition coefficient (Wildman–Crippen LogP) is 7.37. The van der Waals surface area contributed by atoms with E-state index in [1.165, 1.54) is 0 Å². The van der Waals surface area contributed by atoms with Crippen LogP contribution in [0.2, 0.25) is 20.1 Å². The molecule has 5 heteroatoms. The van der Waals surface area contributed by atoms with Gasteiger partial charge in [0, 0.05) is 19.5 Å². The van der Waals surface area contributed by atoms with E-state index in [1.54, 1.807) is 0 Å². The molecule has 0 unspecified atom stereocenters. The smallest absolute Gasteiger partial charge is 0.0592 e. The van der Waals surface area contributed by atoms with Crippen LogP contribution in [0.15, 0.2) is 34.8 Å². The van der Waals surface area contributed by atoms with Crippen molar-refractivity contribution in [2.75, 3.05) is 0 Å². The first-order valence-electron chi connectivity index (χ1n) is 5.35. The molecule has 0 aromatic heterocycles. The normalized spacial score (nSPS) is 9.84. The lowest BCUT2D eigenvalue weighted by atomic mass is 10.2. The highest BCUT2D eigenvalue weighted by molar-refractivity contribution is 9.10. The van der Waals surface area contributed by atoms with Crippen molar-refractivity contribution >= 4 is 62.3 Å². The fraction of sp³-hybridized carbons (Fsp3) is 0.143. The summed E-state index contributed by atoms with van der Waals surface area (Å²) in [5, 5.41) is 2.84. The quantitative estimate of drug-likeness (QED) is 0.405. The molecule has 0 fully saturated rings. The Hall–Kier alpha value is 0.0800. The summed E-state index contributed by atoms with van der Waals surface area (Å²) in [7, 11) is 0. The Morgan fingerprint density at radius 2 is 1.21 bits per heavy atom. The molecule has 2 rings (SSSR count). The van der Waals surface area contributed by atoms with Crippen molar-refractivity contribution in [3.05, 3.63) is 66.0 Å². The molecule has 0 saturated heterocycles. The van der Waals surface area contributed by atoms with Crippen LogP contribution < -0.4 is 0 Å². The van der Waals surface area contributed by atoms with Crippen LogP contribution in [0.25, 0.3) is 0 Å². The summed E-state index contributed by atoms with van der Waals surface area (Å²) in [6.45, 7) is 3.78. The third-order valence-electron chi connectivity index (χ3n) is 2.47. The third-order valence-corrected chi connectivity index (χ3v) is 5.08. The summed E-state index contributed by atoms with van der Waals surface area (Å²) in [6.07, 6.45) is 0. The molecule has 0 aliphatic carbocycles. The molecule has 0 heterocycles. The molecule has 0 saturated carbocycles. The van der Waals surface area contributed by atoms with Crippen LogP contribution in [0, 0.1) is 13.8 Å². The van der Waals surface area contributed by atoms with Crippen molar-refractivity contribution in [1.82, 2.24) is 0 Å². The van der Waals surface area contributed by atoms with E-state index in [-0.39, 0.29) is 0 Å². The fourth-order valence-corrected chi connectivity index (χ4v) is 2.41. The number of rotatable bonds is 0. The molecule has 0 nitrogen and oxygen atoms in total. The van der Waals surface area contributed by atoms with Gasteiger partial charge in [0.25, 0.3) is 0 Å². The van der Waals surface area contributed by atoms with E-state index in [0.29, 0.717) is 10.0 Å². The van der Waals surface area contributed by atoms with E-state index in [1.807, 2.05) is 44.2 Å². The highest BCUT2D eigenvalue weighted by Crippen LogP contribution is 2.30. The Morgan fingerprint density at radius 3 is 1.63 bits per heavy atom. The van der Waals surface area contributed by atoms with Gasteiger partial charge in [-0.3, -0.25) is 0 Å². The van der Waals surface area contributed by atoms with Crippen LogP contribution in [-0.2, 0) is 0 Å². The number of hydrogen-bond acceptors (Lipinski definition) is 0. The zero-order chi connectivity index (χ0) is 14.6. The van der Waals surface area contributed by atoms with Crippen molar-refractivity contribution in [3.8, 4) is 0 Å². The molecule has 0 amide bonds. The van der Waals surface area contributed by atoms with Crippen LogP contribution in [0.5, 0.6) is 0 Å². The minimum Gasteiger partial charge on any atom is -0.0840 e. The minimum atomic E-state index is 0.688. The van der Waals surface area contributed by atoms with Gasteiger partial charge in [-0.25, -0.2) is 0 Å². The van der Waals surface area contributed by atoms with Gasteiger partial charge in [-0.2, -0.15) is 0 Å². The van der Waals surface area contributed by atoms with Gasteiger partial charge in [0.1, 0.15) is 0 Å². The van der Waals surface area contributed by atoms with Crippen LogP contribution in [-0.4, -0.2) is 0 Å². The summed E-state index contributed by atoms with van der Waals surface area (Å²) in [4.78, 5) is 0. The number of halogens is 5. The maximum atomic E-state index is 5.85. The Labute approximate surface area is 141 Å². The Bertz CT molecular complexity index is 535. The van der Waals surface area contributed by atoms with Crippen LogP contribution in [0.3, 0.4) is 0 Å². The maximum absolute atomic E-state index is 5.85. The summed E-state index contributed by atoms with van der Waals surface area (Å²) in [5.74, 6) is 0. The van der Waals surface area contributed by atoms with E-state index in [9.17, 15) is 0 Å². The van der Waals surface area contributed by atoms with Crippen LogP contribution >= 0.6 is 62.3 Å². The standard InChI is InChI=1S/C7H5BrCl2.C7H6Cl2/c1-4-6(9)3-2-5(8)7(4)10;1-5-6(8)3-2-4-7(5)9/h2-3H,1H3;2-4H,1H3. The van der Waals surface area contributed by atoms with Gasteiger partial charge in [-0.15, -0.1) is 0 Å². The van der Waals surface area contributed by atoms with Crippen LogP contribution in [0.4, 0.5) is 0 Å².